The van der Waals surface area contributed by atoms with Crippen LogP contribution in [0.3, 0.4) is 0 Å². The summed E-state index contributed by atoms with van der Waals surface area (Å²) in [5.41, 5.74) is 22.5. The van der Waals surface area contributed by atoms with Gasteiger partial charge < -0.3 is 4.90 Å². The van der Waals surface area contributed by atoms with Crippen LogP contribution in [0.15, 0.2) is 249 Å². The fourth-order valence-corrected chi connectivity index (χ4v) is 10.5. The number of allylic oxidation sites excluding steroid dienone is 16. The number of fused-ring (bicyclic) bond motifs is 7. The van der Waals surface area contributed by atoms with Crippen molar-refractivity contribution < 1.29 is 0 Å². The third-order valence-corrected chi connectivity index (χ3v) is 13.2. The van der Waals surface area contributed by atoms with Gasteiger partial charge in [0.1, 0.15) is 0 Å². The Hall–Kier alpha value is -7.48. The molecule has 0 radical (unpaired) electrons. The molecule has 0 N–H and O–H groups in total. The standard InChI is InChI=1S/C61H49N/c1-5-19-42(6-2)52-38-36-49(40-56(52)47-30-28-45(29-31-47)43-20-11-9-12-21-43)62(48-34-32-46(33-35-48)44-22-13-10-14-23-44)50-37-39-55-54-25-16-18-27-59(54)61(60(55)41-50)57(8-4)51(7-3)53-24-15-17-26-58(53)61/h5-13,15-22,24-32,34,36-41H,1-4,14,23,33,35H2/b42-19+. The van der Waals surface area contributed by atoms with Crippen molar-refractivity contribution in [2.45, 2.75) is 31.1 Å². The van der Waals surface area contributed by atoms with E-state index in [0.29, 0.717) is 0 Å². The highest BCUT2D eigenvalue weighted by atomic mass is 15.1. The first-order chi connectivity index (χ1) is 30.6. The molecule has 4 aliphatic carbocycles. The van der Waals surface area contributed by atoms with Crippen LogP contribution in [-0.2, 0) is 5.41 Å². The number of anilines is 2. The van der Waals surface area contributed by atoms with E-state index in [-0.39, 0.29) is 0 Å². The largest absolute Gasteiger partial charge is 0.314 e. The van der Waals surface area contributed by atoms with Crippen molar-refractivity contribution in [3.63, 3.8) is 0 Å². The van der Waals surface area contributed by atoms with Gasteiger partial charge in [0, 0.05) is 17.1 Å². The van der Waals surface area contributed by atoms with E-state index in [2.05, 4.69) is 207 Å². The number of nitrogens with zero attached hydrogens (tertiary/aromatic N) is 1. The number of benzene rings is 6. The zero-order chi connectivity index (χ0) is 42.2. The van der Waals surface area contributed by atoms with Gasteiger partial charge >= 0.3 is 0 Å². The molecule has 0 aromatic heterocycles. The first-order valence-corrected chi connectivity index (χ1v) is 21.7. The van der Waals surface area contributed by atoms with Crippen molar-refractivity contribution in [1.82, 2.24) is 0 Å². The van der Waals surface area contributed by atoms with E-state index in [1.165, 1.54) is 66.9 Å². The second-order valence-corrected chi connectivity index (χ2v) is 16.4. The molecule has 1 nitrogen and oxygen atoms in total. The molecule has 298 valence electrons. The molecular formula is C61H49N. The highest BCUT2D eigenvalue weighted by Crippen LogP contribution is 2.63. The van der Waals surface area contributed by atoms with Gasteiger partial charge in [-0.05, 0) is 145 Å². The van der Waals surface area contributed by atoms with E-state index in [1.54, 1.807) is 0 Å². The van der Waals surface area contributed by atoms with Crippen LogP contribution in [0.2, 0.25) is 0 Å². The molecule has 6 aromatic rings. The maximum atomic E-state index is 4.46. The molecule has 0 fully saturated rings. The average molecular weight is 796 g/mol. The van der Waals surface area contributed by atoms with Crippen LogP contribution in [-0.4, -0.2) is 0 Å². The Morgan fingerprint density at radius 1 is 0.532 bits per heavy atom. The summed E-state index contributed by atoms with van der Waals surface area (Å²) in [6.07, 6.45) is 25.5. The molecule has 0 heterocycles. The quantitative estimate of drug-likeness (QED) is 0.118. The third kappa shape index (κ3) is 6.24. The molecule has 0 bridgehead atoms. The van der Waals surface area contributed by atoms with E-state index in [4.69, 9.17) is 0 Å². The Labute approximate surface area is 367 Å². The Kier molecular flexibility index (Phi) is 10.1. The molecule has 6 aromatic carbocycles. The Morgan fingerprint density at radius 2 is 1.19 bits per heavy atom. The van der Waals surface area contributed by atoms with E-state index >= 15 is 0 Å². The monoisotopic (exact) mass is 795 g/mol. The van der Waals surface area contributed by atoms with Crippen LogP contribution < -0.4 is 4.90 Å². The molecule has 0 saturated heterocycles. The lowest BCUT2D eigenvalue weighted by Gasteiger charge is -2.34. The van der Waals surface area contributed by atoms with E-state index in [9.17, 15) is 0 Å². The minimum absolute atomic E-state index is 0.533. The Balaban J connectivity index is 1.20. The van der Waals surface area contributed by atoms with E-state index < -0.39 is 5.41 Å². The second-order valence-electron chi connectivity index (χ2n) is 16.4. The molecule has 4 aliphatic rings. The summed E-state index contributed by atoms with van der Waals surface area (Å²) in [7, 11) is 0. The maximum Gasteiger partial charge on any atom is 0.0726 e. The van der Waals surface area contributed by atoms with E-state index in [1.807, 2.05) is 24.3 Å². The molecule has 1 unspecified atom stereocenters. The fraction of sp³-hybridized carbons (Fsp3) is 0.0820. The molecule has 0 saturated carbocycles. The topological polar surface area (TPSA) is 3.24 Å². The van der Waals surface area contributed by atoms with Crippen LogP contribution in [0, 0.1) is 0 Å². The van der Waals surface area contributed by atoms with E-state index in [0.717, 1.165) is 64.9 Å². The lowest BCUT2D eigenvalue weighted by Crippen LogP contribution is -2.27. The summed E-state index contributed by atoms with van der Waals surface area (Å²) >= 11 is 0. The lowest BCUT2D eigenvalue weighted by atomic mass is 9.69. The normalized spacial score (nSPS) is 17.4. The zero-order valence-corrected chi connectivity index (χ0v) is 35.2. The summed E-state index contributed by atoms with van der Waals surface area (Å²) in [6.45, 7) is 17.1. The third-order valence-electron chi connectivity index (χ3n) is 13.2. The van der Waals surface area contributed by atoms with Gasteiger partial charge in [0.15, 0.2) is 0 Å². The summed E-state index contributed by atoms with van der Waals surface area (Å²) < 4.78 is 0. The molecule has 0 amide bonds. The van der Waals surface area contributed by atoms with Gasteiger partial charge in [-0.15, -0.1) is 0 Å². The highest BCUT2D eigenvalue weighted by molar-refractivity contribution is 5.99. The predicted molar refractivity (Wildman–Crippen MR) is 265 cm³/mol. The Bertz CT molecular complexity index is 3010. The highest BCUT2D eigenvalue weighted by Gasteiger charge is 2.51. The van der Waals surface area contributed by atoms with Gasteiger partial charge in [-0.3, -0.25) is 0 Å². The summed E-state index contributed by atoms with van der Waals surface area (Å²) in [5.74, 6) is 0. The molecule has 1 atom stereocenters. The molecule has 0 aliphatic heterocycles. The van der Waals surface area contributed by atoms with Gasteiger partial charge in [0.25, 0.3) is 0 Å². The van der Waals surface area contributed by atoms with Crippen molar-refractivity contribution in [2.75, 3.05) is 4.90 Å². The summed E-state index contributed by atoms with van der Waals surface area (Å²) in [4.78, 5) is 2.50. The SMILES string of the molecule is C=C/C=C(\C=C)c1ccc(N(C2=CC=C(C3=CC=CCC3)CC2)c2ccc3c(c2)C2(C(C=C)=C(C=C)c4ccccc42)c2ccccc2-3)cc1-c1ccc(-c2ccccc2)cc1. The van der Waals surface area contributed by atoms with Gasteiger partial charge in [-0.1, -0.05) is 196 Å². The van der Waals surface area contributed by atoms with Crippen molar-refractivity contribution >= 4 is 22.5 Å². The van der Waals surface area contributed by atoms with Crippen molar-refractivity contribution in [1.29, 1.82) is 0 Å². The molecule has 62 heavy (non-hydrogen) atoms. The number of hydrogen-bond acceptors (Lipinski definition) is 1. The van der Waals surface area contributed by atoms with Crippen molar-refractivity contribution in [3.8, 4) is 33.4 Å². The Morgan fingerprint density at radius 3 is 1.89 bits per heavy atom. The number of hydrogen-bond donors (Lipinski definition) is 0. The smallest absolute Gasteiger partial charge is 0.0726 e. The maximum absolute atomic E-state index is 4.46. The average Bonchev–Trinajstić information content (AvgIpc) is 3.80. The fourth-order valence-electron chi connectivity index (χ4n) is 10.5. The van der Waals surface area contributed by atoms with Crippen LogP contribution in [0.4, 0.5) is 11.4 Å². The van der Waals surface area contributed by atoms with Crippen molar-refractivity contribution in [2.24, 2.45) is 0 Å². The molecular weight excluding hydrogens is 747 g/mol. The van der Waals surface area contributed by atoms with Gasteiger partial charge in [-0.25, -0.2) is 0 Å². The van der Waals surface area contributed by atoms with Crippen molar-refractivity contribution in [3.05, 3.63) is 277 Å². The molecule has 10 rings (SSSR count). The zero-order valence-electron chi connectivity index (χ0n) is 35.2. The van der Waals surface area contributed by atoms with Gasteiger partial charge in [-0.2, -0.15) is 0 Å². The second kappa shape index (κ2) is 16.2. The van der Waals surface area contributed by atoms with Gasteiger partial charge in [0.05, 0.1) is 5.41 Å². The molecule has 1 spiro atoms. The van der Waals surface area contributed by atoms with Crippen LogP contribution >= 0.6 is 0 Å². The van der Waals surface area contributed by atoms with Gasteiger partial charge in [0.2, 0.25) is 0 Å². The lowest BCUT2D eigenvalue weighted by molar-refractivity contribution is 0.785. The minimum atomic E-state index is -0.533. The first-order valence-electron chi connectivity index (χ1n) is 21.7. The van der Waals surface area contributed by atoms with Crippen LogP contribution in [0.25, 0.3) is 44.5 Å². The summed E-state index contributed by atoms with van der Waals surface area (Å²) in [5, 5.41) is 0. The van der Waals surface area contributed by atoms with Crippen LogP contribution in [0.1, 0.15) is 53.5 Å². The summed E-state index contributed by atoms with van der Waals surface area (Å²) in [6, 6.07) is 51.4. The first kappa shape index (κ1) is 38.7. The van der Waals surface area contributed by atoms with Crippen LogP contribution in [0.5, 0.6) is 0 Å². The molecule has 1 heteroatoms. The predicted octanol–water partition coefficient (Wildman–Crippen LogP) is 16.2. The number of rotatable bonds is 11. The minimum Gasteiger partial charge on any atom is -0.314 e.